The highest BCUT2D eigenvalue weighted by Gasteiger charge is 2.32. The third kappa shape index (κ3) is 2.15. The van der Waals surface area contributed by atoms with Crippen LogP contribution in [0, 0.1) is 5.92 Å². The predicted octanol–water partition coefficient (Wildman–Crippen LogP) is 3.32. The van der Waals surface area contributed by atoms with Gasteiger partial charge in [-0.1, -0.05) is 18.5 Å². The van der Waals surface area contributed by atoms with Crippen molar-refractivity contribution in [2.75, 3.05) is 5.32 Å². The molecular weight excluding hydrogens is 251 g/mol. The quantitative estimate of drug-likeness (QED) is 0.883. The molecule has 1 saturated carbocycles. The normalized spacial score (nSPS) is 25.8. The molecule has 1 N–H and O–H groups in total. The minimum atomic E-state index is 0.588. The minimum Gasteiger partial charge on any atom is -0.366 e. The third-order valence-electron chi connectivity index (χ3n) is 2.24. The van der Waals surface area contributed by atoms with Crippen molar-refractivity contribution < 1.29 is 0 Å². The number of hydrogen-bond acceptors (Lipinski definition) is 2. The Kier molecular flexibility index (Phi) is 2.47. The average molecular weight is 262 g/mol. The molecule has 0 radical (unpaired) electrons. The van der Waals surface area contributed by atoms with Crippen LogP contribution in [0.1, 0.15) is 13.3 Å². The van der Waals surface area contributed by atoms with Crippen molar-refractivity contribution in [2.45, 2.75) is 19.4 Å². The Labute approximate surface area is 90.8 Å². The Morgan fingerprint density at radius 2 is 2.38 bits per heavy atom. The average Bonchev–Trinajstić information content (AvgIpc) is 2.73. The lowest BCUT2D eigenvalue weighted by atomic mass is 10.4. The van der Waals surface area contributed by atoms with Gasteiger partial charge in [-0.2, -0.15) is 0 Å². The molecule has 0 spiro atoms. The first-order valence-electron chi connectivity index (χ1n) is 4.24. The summed E-state index contributed by atoms with van der Waals surface area (Å²) < 4.78 is 0.930. The summed E-state index contributed by atoms with van der Waals surface area (Å²) in [7, 11) is 0. The number of nitrogens with one attached hydrogen (secondary N) is 1. The highest BCUT2D eigenvalue weighted by molar-refractivity contribution is 9.10. The van der Waals surface area contributed by atoms with Crippen LogP contribution < -0.4 is 5.32 Å². The van der Waals surface area contributed by atoms with Crippen LogP contribution >= 0.6 is 27.5 Å². The van der Waals surface area contributed by atoms with Crippen LogP contribution in [-0.4, -0.2) is 11.0 Å². The van der Waals surface area contributed by atoms with Gasteiger partial charge in [0.05, 0.1) is 9.50 Å². The van der Waals surface area contributed by atoms with Crippen molar-refractivity contribution in [3.05, 3.63) is 21.8 Å². The Morgan fingerprint density at radius 1 is 1.69 bits per heavy atom. The van der Waals surface area contributed by atoms with Gasteiger partial charge in [-0.05, 0) is 34.3 Å². The van der Waals surface area contributed by atoms with Crippen LogP contribution in [0.4, 0.5) is 5.82 Å². The van der Waals surface area contributed by atoms with E-state index in [1.165, 1.54) is 6.42 Å². The smallest absolute Gasteiger partial charge is 0.140 e. The van der Waals surface area contributed by atoms with Crippen LogP contribution in [-0.2, 0) is 0 Å². The molecule has 0 amide bonds. The van der Waals surface area contributed by atoms with Gasteiger partial charge in [0.2, 0.25) is 0 Å². The molecule has 1 aliphatic rings. The van der Waals surface area contributed by atoms with E-state index in [4.69, 9.17) is 11.6 Å². The summed E-state index contributed by atoms with van der Waals surface area (Å²) in [5, 5.41) is 4.00. The number of aromatic nitrogens is 1. The maximum absolute atomic E-state index is 5.78. The number of nitrogens with zero attached hydrogens (tertiary/aromatic N) is 1. The van der Waals surface area contributed by atoms with Crippen LogP contribution in [0.15, 0.2) is 16.7 Å². The van der Waals surface area contributed by atoms with Gasteiger partial charge >= 0.3 is 0 Å². The van der Waals surface area contributed by atoms with Crippen molar-refractivity contribution in [1.82, 2.24) is 4.98 Å². The highest BCUT2D eigenvalue weighted by atomic mass is 79.9. The zero-order valence-electron chi connectivity index (χ0n) is 7.22. The Balaban J connectivity index is 2.11. The predicted molar refractivity (Wildman–Crippen MR) is 58.1 cm³/mol. The number of anilines is 1. The molecule has 0 saturated heterocycles. The van der Waals surface area contributed by atoms with Gasteiger partial charge in [-0.15, -0.1) is 0 Å². The molecule has 70 valence electrons. The summed E-state index contributed by atoms with van der Waals surface area (Å²) in [6.45, 7) is 2.22. The molecule has 1 aromatic rings. The third-order valence-corrected chi connectivity index (χ3v) is 3.05. The van der Waals surface area contributed by atoms with Crippen molar-refractivity contribution in [3.8, 4) is 0 Å². The zero-order valence-corrected chi connectivity index (χ0v) is 9.56. The zero-order chi connectivity index (χ0) is 9.42. The molecule has 4 heteroatoms. The van der Waals surface area contributed by atoms with Crippen LogP contribution in [0.2, 0.25) is 5.02 Å². The summed E-state index contributed by atoms with van der Waals surface area (Å²) in [6, 6.07) is 2.44. The lowest BCUT2D eigenvalue weighted by Gasteiger charge is -2.05. The molecule has 0 aromatic carbocycles. The van der Waals surface area contributed by atoms with E-state index in [0.717, 1.165) is 16.2 Å². The van der Waals surface area contributed by atoms with E-state index in [0.29, 0.717) is 11.1 Å². The topological polar surface area (TPSA) is 24.9 Å². The van der Waals surface area contributed by atoms with Gasteiger partial charge in [0.15, 0.2) is 0 Å². The summed E-state index contributed by atoms with van der Waals surface area (Å²) in [5.41, 5.74) is 0. The molecule has 0 aliphatic heterocycles. The van der Waals surface area contributed by atoms with Gasteiger partial charge in [-0.25, -0.2) is 4.98 Å². The molecule has 0 bridgehead atoms. The number of halogens is 2. The number of hydrogen-bond donors (Lipinski definition) is 1. The van der Waals surface area contributed by atoms with Gasteiger partial charge in [0.25, 0.3) is 0 Å². The number of rotatable bonds is 2. The van der Waals surface area contributed by atoms with Gasteiger partial charge in [0.1, 0.15) is 5.82 Å². The van der Waals surface area contributed by atoms with E-state index < -0.39 is 0 Å². The molecule has 1 aliphatic carbocycles. The van der Waals surface area contributed by atoms with E-state index in [9.17, 15) is 0 Å². The van der Waals surface area contributed by atoms with E-state index in [1.807, 2.05) is 6.07 Å². The molecule has 1 aromatic heterocycles. The monoisotopic (exact) mass is 260 g/mol. The first-order chi connectivity index (χ1) is 6.16. The van der Waals surface area contributed by atoms with Crippen LogP contribution in [0.5, 0.6) is 0 Å². The van der Waals surface area contributed by atoms with Crippen molar-refractivity contribution in [1.29, 1.82) is 0 Å². The molecule has 2 nitrogen and oxygen atoms in total. The first kappa shape index (κ1) is 9.28. The standard InChI is InChI=1S/C9H10BrClN2/c1-5-2-8(5)13-9-7(10)3-6(11)4-12-9/h3-5,8H,2H2,1H3,(H,12,13). The van der Waals surface area contributed by atoms with E-state index in [-0.39, 0.29) is 0 Å². The maximum Gasteiger partial charge on any atom is 0.140 e. The second-order valence-electron chi connectivity index (χ2n) is 3.45. The van der Waals surface area contributed by atoms with Crippen LogP contribution in [0.3, 0.4) is 0 Å². The first-order valence-corrected chi connectivity index (χ1v) is 5.41. The second-order valence-corrected chi connectivity index (χ2v) is 4.74. The van der Waals surface area contributed by atoms with Crippen LogP contribution in [0.25, 0.3) is 0 Å². The second kappa shape index (κ2) is 3.46. The molecule has 1 fully saturated rings. The fourth-order valence-corrected chi connectivity index (χ4v) is 1.97. The molecule has 2 rings (SSSR count). The molecule has 1 heterocycles. The van der Waals surface area contributed by atoms with Gasteiger partial charge < -0.3 is 5.32 Å². The van der Waals surface area contributed by atoms with E-state index in [2.05, 4.69) is 33.2 Å². The molecular formula is C9H10BrClN2. The number of pyridine rings is 1. The SMILES string of the molecule is CC1CC1Nc1ncc(Cl)cc1Br. The maximum atomic E-state index is 5.78. The fourth-order valence-electron chi connectivity index (χ4n) is 1.22. The summed E-state index contributed by atoms with van der Waals surface area (Å²) >= 11 is 9.19. The lowest BCUT2D eigenvalue weighted by Crippen LogP contribution is -2.05. The van der Waals surface area contributed by atoms with E-state index >= 15 is 0 Å². The summed E-state index contributed by atoms with van der Waals surface area (Å²) in [6.07, 6.45) is 2.89. The van der Waals surface area contributed by atoms with Gasteiger partial charge in [-0.3, -0.25) is 0 Å². The molecule has 2 unspecified atom stereocenters. The summed E-state index contributed by atoms with van der Waals surface area (Å²) in [4.78, 5) is 4.20. The lowest BCUT2D eigenvalue weighted by molar-refractivity contribution is 0.923. The van der Waals surface area contributed by atoms with Crippen molar-refractivity contribution in [3.63, 3.8) is 0 Å². The Hall–Kier alpha value is -0.280. The molecule has 2 atom stereocenters. The molecule has 13 heavy (non-hydrogen) atoms. The fraction of sp³-hybridized carbons (Fsp3) is 0.444. The largest absolute Gasteiger partial charge is 0.366 e. The Morgan fingerprint density at radius 3 is 2.92 bits per heavy atom. The minimum absolute atomic E-state index is 0.588. The van der Waals surface area contributed by atoms with Crippen molar-refractivity contribution >= 4 is 33.3 Å². The van der Waals surface area contributed by atoms with Gasteiger partial charge in [0, 0.05) is 12.2 Å². The summed E-state index contributed by atoms with van der Waals surface area (Å²) in [5.74, 6) is 1.66. The highest BCUT2D eigenvalue weighted by Crippen LogP contribution is 2.34. The van der Waals surface area contributed by atoms with E-state index in [1.54, 1.807) is 6.20 Å². The Bertz CT molecular complexity index is 329. The van der Waals surface area contributed by atoms with Crippen molar-refractivity contribution in [2.24, 2.45) is 5.92 Å².